The Morgan fingerprint density at radius 1 is 1.23 bits per heavy atom. The number of fused-ring (bicyclic) bond motifs is 1. The minimum Gasteiger partial charge on any atom is -0.335 e. The van der Waals surface area contributed by atoms with Crippen molar-refractivity contribution in [3.05, 3.63) is 39.4 Å². The number of benzene rings is 1. The van der Waals surface area contributed by atoms with E-state index in [0.29, 0.717) is 23.1 Å². The summed E-state index contributed by atoms with van der Waals surface area (Å²) in [5, 5.41) is 11.1. The third-order valence-electron chi connectivity index (χ3n) is 5.16. The Kier molecular flexibility index (Phi) is 4.14. The van der Waals surface area contributed by atoms with Gasteiger partial charge in [0.2, 0.25) is 0 Å². The Bertz CT molecular complexity index is 598. The van der Waals surface area contributed by atoms with Crippen molar-refractivity contribution in [2.24, 2.45) is 5.92 Å². The fourth-order valence-electron chi connectivity index (χ4n) is 3.98. The number of likely N-dealkylation sites (tertiary alicyclic amines) is 1. The number of hydrogen-bond donors (Lipinski definition) is 0. The van der Waals surface area contributed by atoms with E-state index in [0.717, 1.165) is 19.4 Å². The number of piperidine rings is 1. The largest absolute Gasteiger partial charge is 0.335 e. The molecule has 118 valence electrons. The molecule has 0 unspecified atom stereocenters. The molecule has 1 heterocycles. The van der Waals surface area contributed by atoms with Gasteiger partial charge in [0.05, 0.1) is 4.92 Å². The van der Waals surface area contributed by atoms with Gasteiger partial charge in [0, 0.05) is 29.8 Å². The summed E-state index contributed by atoms with van der Waals surface area (Å²) >= 11 is 0. The van der Waals surface area contributed by atoms with Gasteiger partial charge in [-0.1, -0.05) is 18.9 Å². The third kappa shape index (κ3) is 2.72. The van der Waals surface area contributed by atoms with Crippen LogP contribution in [0.2, 0.25) is 0 Å². The lowest BCUT2D eigenvalue weighted by molar-refractivity contribution is -0.385. The second-order valence-electron chi connectivity index (χ2n) is 6.51. The number of carbonyl (C=O) groups excluding carboxylic acids is 1. The molecule has 1 aliphatic heterocycles. The first kappa shape index (κ1) is 15.0. The second kappa shape index (κ2) is 6.07. The van der Waals surface area contributed by atoms with Gasteiger partial charge in [0.25, 0.3) is 11.6 Å². The average Bonchev–Trinajstić information content (AvgIpc) is 2.54. The molecule has 1 saturated heterocycles. The normalized spacial score (nSPS) is 24.7. The molecule has 5 nitrogen and oxygen atoms in total. The van der Waals surface area contributed by atoms with Crippen LogP contribution in [-0.2, 0) is 0 Å². The standard InChI is InChI=1S/C17H22N2O3/c1-12-8-9-14(11-16(12)19(21)22)17(20)18-10-4-6-13-5-2-3-7-15(13)18/h8-9,11,13,15H,2-7,10H2,1H3/t13-,15-/m0/s1. The Morgan fingerprint density at radius 3 is 2.73 bits per heavy atom. The predicted molar refractivity (Wildman–Crippen MR) is 83.8 cm³/mol. The topological polar surface area (TPSA) is 63.5 Å². The number of carbonyl (C=O) groups is 1. The lowest BCUT2D eigenvalue weighted by Crippen LogP contribution is -2.49. The minimum absolute atomic E-state index is 0.0306. The Hall–Kier alpha value is -1.91. The lowest BCUT2D eigenvalue weighted by Gasteiger charge is -2.44. The van der Waals surface area contributed by atoms with E-state index in [2.05, 4.69) is 0 Å². The van der Waals surface area contributed by atoms with Gasteiger partial charge >= 0.3 is 0 Å². The van der Waals surface area contributed by atoms with Gasteiger partial charge in [-0.25, -0.2) is 0 Å². The molecule has 1 amide bonds. The van der Waals surface area contributed by atoms with Crippen molar-refractivity contribution in [1.29, 1.82) is 0 Å². The van der Waals surface area contributed by atoms with Gasteiger partial charge in [0.15, 0.2) is 0 Å². The fourth-order valence-corrected chi connectivity index (χ4v) is 3.98. The minimum atomic E-state index is -0.411. The third-order valence-corrected chi connectivity index (χ3v) is 5.16. The number of aryl methyl sites for hydroxylation is 1. The van der Waals surface area contributed by atoms with Crippen molar-refractivity contribution in [2.45, 2.75) is 51.5 Å². The molecule has 1 aliphatic carbocycles. The molecule has 1 saturated carbocycles. The van der Waals surface area contributed by atoms with Crippen molar-refractivity contribution in [3.8, 4) is 0 Å². The number of nitro groups is 1. The highest BCUT2D eigenvalue weighted by atomic mass is 16.6. The summed E-state index contributed by atoms with van der Waals surface area (Å²) in [5.41, 5.74) is 1.07. The van der Waals surface area contributed by atoms with E-state index in [9.17, 15) is 14.9 Å². The highest BCUT2D eigenvalue weighted by Gasteiger charge is 2.36. The summed E-state index contributed by atoms with van der Waals surface area (Å²) < 4.78 is 0. The van der Waals surface area contributed by atoms with Gasteiger partial charge in [-0.2, -0.15) is 0 Å². The summed E-state index contributed by atoms with van der Waals surface area (Å²) in [6.45, 7) is 2.48. The Balaban J connectivity index is 1.86. The van der Waals surface area contributed by atoms with Gasteiger partial charge < -0.3 is 4.90 Å². The molecule has 1 aromatic rings. The van der Waals surface area contributed by atoms with E-state index in [1.54, 1.807) is 19.1 Å². The van der Waals surface area contributed by atoms with E-state index in [4.69, 9.17) is 0 Å². The van der Waals surface area contributed by atoms with Crippen molar-refractivity contribution < 1.29 is 9.72 Å². The number of hydrogen-bond acceptors (Lipinski definition) is 3. The van der Waals surface area contributed by atoms with Gasteiger partial charge in [-0.15, -0.1) is 0 Å². The number of nitro benzene ring substituents is 1. The van der Waals surface area contributed by atoms with Crippen molar-refractivity contribution in [1.82, 2.24) is 4.90 Å². The molecular weight excluding hydrogens is 280 g/mol. The SMILES string of the molecule is Cc1ccc(C(=O)N2CCC[C@@H]3CCCC[C@@H]32)cc1[N+](=O)[O-]. The first-order valence-corrected chi connectivity index (χ1v) is 8.14. The van der Waals surface area contributed by atoms with Crippen LogP contribution >= 0.6 is 0 Å². The van der Waals surface area contributed by atoms with Gasteiger partial charge in [-0.05, 0) is 44.6 Å². The van der Waals surface area contributed by atoms with Crippen LogP contribution < -0.4 is 0 Å². The quantitative estimate of drug-likeness (QED) is 0.618. The molecule has 2 atom stereocenters. The van der Waals surface area contributed by atoms with E-state index in [1.807, 2.05) is 4.90 Å². The van der Waals surface area contributed by atoms with Crippen LogP contribution in [0.15, 0.2) is 18.2 Å². The molecule has 5 heteroatoms. The molecule has 0 radical (unpaired) electrons. The molecule has 2 fully saturated rings. The first-order valence-electron chi connectivity index (χ1n) is 8.14. The molecule has 2 aliphatic rings. The molecule has 22 heavy (non-hydrogen) atoms. The maximum atomic E-state index is 12.8. The van der Waals surface area contributed by atoms with Gasteiger partial charge in [0.1, 0.15) is 0 Å². The van der Waals surface area contributed by atoms with Crippen LogP contribution in [0.3, 0.4) is 0 Å². The Morgan fingerprint density at radius 2 is 1.95 bits per heavy atom. The molecule has 0 aromatic heterocycles. The molecule has 0 N–H and O–H groups in total. The maximum Gasteiger partial charge on any atom is 0.273 e. The zero-order valence-electron chi connectivity index (χ0n) is 13.0. The van der Waals surface area contributed by atoms with E-state index < -0.39 is 4.92 Å². The van der Waals surface area contributed by atoms with Gasteiger partial charge in [-0.3, -0.25) is 14.9 Å². The number of rotatable bonds is 2. The fraction of sp³-hybridized carbons (Fsp3) is 0.588. The van der Waals surface area contributed by atoms with Crippen molar-refractivity contribution in [3.63, 3.8) is 0 Å². The monoisotopic (exact) mass is 302 g/mol. The Labute approximate surface area is 130 Å². The van der Waals surface area contributed by atoms with E-state index in [1.165, 1.54) is 31.7 Å². The summed E-state index contributed by atoms with van der Waals surface area (Å²) in [7, 11) is 0. The summed E-state index contributed by atoms with van der Waals surface area (Å²) in [4.78, 5) is 25.5. The molecule has 0 bridgehead atoms. The summed E-state index contributed by atoms with van der Waals surface area (Å²) in [6, 6.07) is 5.16. The smallest absolute Gasteiger partial charge is 0.273 e. The van der Waals surface area contributed by atoms with E-state index >= 15 is 0 Å². The van der Waals surface area contributed by atoms with Crippen LogP contribution in [0.4, 0.5) is 5.69 Å². The highest BCUT2D eigenvalue weighted by Crippen LogP contribution is 2.36. The predicted octanol–water partition coefficient (Wildman–Crippen LogP) is 3.70. The zero-order valence-corrected chi connectivity index (χ0v) is 13.0. The second-order valence-corrected chi connectivity index (χ2v) is 6.51. The van der Waals surface area contributed by atoms with E-state index in [-0.39, 0.29) is 11.6 Å². The first-order chi connectivity index (χ1) is 10.6. The number of amides is 1. The van der Waals surface area contributed by atoms with Crippen LogP contribution in [-0.4, -0.2) is 28.3 Å². The highest BCUT2D eigenvalue weighted by molar-refractivity contribution is 5.95. The maximum absolute atomic E-state index is 12.8. The number of nitrogens with zero attached hydrogens (tertiary/aromatic N) is 2. The van der Waals surface area contributed by atoms with Crippen LogP contribution in [0.5, 0.6) is 0 Å². The van der Waals surface area contributed by atoms with Crippen LogP contribution in [0.25, 0.3) is 0 Å². The van der Waals surface area contributed by atoms with Crippen LogP contribution in [0.1, 0.15) is 54.4 Å². The van der Waals surface area contributed by atoms with Crippen molar-refractivity contribution in [2.75, 3.05) is 6.54 Å². The van der Waals surface area contributed by atoms with Crippen LogP contribution in [0, 0.1) is 23.0 Å². The average molecular weight is 302 g/mol. The molecular formula is C17H22N2O3. The lowest BCUT2D eigenvalue weighted by atomic mass is 9.78. The molecule has 1 aromatic carbocycles. The summed E-state index contributed by atoms with van der Waals surface area (Å²) in [5.74, 6) is 0.576. The van der Waals surface area contributed by atoms with Crippen molar-refractivity contribution >= 4 is 11.6 Å². The molecule has 3 rings (SSSR count). The zero-order chi connectivity index (χ0) is 15.7. The molecule has 0 spiro atoms. The summed E-state index contributed by atoms with van der Waals surface area (Å²) in [6.07, 6.45) is 6.98.